The summed E-state index contributed by atoms with van der Waals surface area (Å²) < 4.78 is 50.3. The number of likely N-dealkylation sites (tertiary alicyclic amines) is 1. The molecule has 3 aromatic rings. The van der Waals surface area contributed by atoms with Crippen molar-refractivity contribution in [3.8, 4) is 11.6 Å². The molecule has 1 saturated heterocycles. The first kappa shape index (κ1) is 41.4. The molecule has 0 radical (unpaired) electrons. The number of nitrogens with zero attached hydrogens (tertiary/aromatic N) is 2. The summed E-state index contributed by atoms with van der Waals surface area (Å²) in [4.78, 5) is 60.1. The molecular formula is C40H49N5O11S. The molecule has 1 unspecified atom stereocenters. The summed E-state index contributed by atoms with van der Waals surface area (Å²) in [6.45, 7) is 8.57. The molecule has 17 heteroatoms. The van der Waals surface area contributed by atoms with Crippen LogP contribution >= 0.6 is 0 Å². The molecule has 3 fully saturated rings. The van der Waals surface area contributed by atoms with Gasteiger partial charge in [0, 0.05) is 30.5 Å². The third kappa shape index (κ3) is 10.0. The van der Waals surface area contributed by atoms with Gasteiger partial charge in [-0.15, -0.1) is 6.58 Å². The van der Waals surface area contributed by atoms with Gasteiger partial charge >= 0.3 is 12.1 Å². The van der Waals surface area contributed by atoms with Crippen molar-refractivity contribution in [2.24, 2.45) is 5.92 Å². The fraction of sp³-hybridized carbons (Fsp3) is 0.475. The van der Waals surface area contributed by atoms with Gasteiger partial charge in [-0.05, 0) is 75.2 Å². The van der Waals surface area contributed by atoms with Crippen molar-refractivity contribution in [2.45, 2.75) is 100 Å². The molecule has 0 spiro atoms. The zero-order chi connectivity index (χ0) is 41.1. The van der Waals surface area contributed by atoms with Crippen LogP contribution in [0.4, 0.5) is 4.79 Å². The minimum Gasteiger partial charge on any atom is -0.497 e. The number of pyridine rings is 1. The van der Waals surface area contributed by atoms with Gasteiger partial charge in [0.2, 0.25) is 21.8 Å². The number of hydrogen-bond acceptors (Lipinski definition) is 13. The highest BCUT2D eigenvalue weighted by molar-refractivity contribution is 7.91. The van der Waals surface area contributed by atoms with Crippen LogP contribution in [0, 0.1) is 5.92 Å². The van der Waals surface area contributed by atoms with Gasteiger partial charge in [0.25, 0.3) is 5.91 Å². The number of aliphatic hydroxyl groups is 1. The van der Waals surface area contributed by atoms with Crippen molar-refractivity contribution in [3.05, 3.63) is 79.0 Å². The van der Waals surface area contributed by atoms with Crippen molar-refractivity contribution in [1.29, 1.82) is 0 Å². The topological polar surface area (TPSA) is 212 Å². The summed E-state index contributed by atoms with van der Waals surface area (Å²) in [7, 11) is -2.39. The highest BCUT2D eigenvalue weighted by Gasteiger charge is 2.62. The lowest BCUT2D eigenvalue weighted by Gasteiger charge is -2.34. The minimum absolute atomic E-state index is 0.0362. The molecule has 1 aromatic heterocycles. The molecule has 0 bridgehead atoms. The smallest absolute Gasteiger partial charge is 0.408 e. The predicted molar refractivity (Wildman–Crippen MR) is 207 cm³/mol. The number of ether oxygens (including phenoxy) is 4. The monoisotopic (exact) mass is 807 g/mol. The number of nitrogens with one attached hydrogen (secondary N) is 3. The number of fused-ring (bicyclic) bond motifs is 1. The molecule has 4 N–H and O–H groups in total. The summed E-state index contributed by atoms with van der Waals surface area (Å²) in [5.41, 5.74) is -1.81. The number of sulfonamides is 1. The fourth-order valence-corrected chi connectivity index (χ4v) is 8.24. The number of amides is 3. The Morgan fingerprint density at radius 3 is 2.49 bits per heavy atom. The molecule has 57 heavy (non-hydrogen) atoms. The van der Waals surface area contributed by atoms with Crippen LogP contribution in [0.1, 0.15) is 58.4 Å². The molecule has 1 aliphatic heterocycles. The second kappa shape index (κ2) is 16.7. The second-order valence-corrected chi connectivity index (χ2v) is 17.6. The quantitative estimate of drug-likeness (QED) is 0.121. The zero-order valence-corrected chi connectivity index (χ0v) is 33.1. The number of aromatic nitrogens is 1. The number of hydrogen-bond donors (Lipinski definition) is 4. The fourth-order valence-electron chi connectivity index (χ4n) is 6.88. The summed E-state index contributed by atoms with van der Waals surface area (Å²) in [5.74, 6) is -2.05. The van der Waals surface area contributed by atoms with Crippen molar-refractivity contribution < 1.29 is 51.6 Å². The van der Waals surface area contributed by atoms with E-state index in [0.717, 1.165) is 10.9 Å². The van der Waals surface area contributed by atoms with Crippen LogP contribution in [-0.2, 0) is 40.5 Å². The molecule has 3 amide bonds. The molecule has 2 heterocycles. The average molecular weight is 808 g/mol. The molecule has 2 aromatic carbocycles. The first-order valence-corrected chi connectivity index (χ1v) is 20.3. The summed E-state index contributed by atoms with van der Waals surface area (Å²) in [5, 5.41) is 18.2. The molecule has 2 aliphatic carbocycles. The SMILES string of the molecule is C=C[C@@H]1C[C@]1(NC(=O)[C@@H]1C[C@@H](Oc2nccc3cc(OC)ccc23)CN1C(O)[C@H](CC(=O)OCc1ccccc1)NC(=O)OC(C)(C)C)C(=O)NS(=O)(=O)C1CC1. The lowest BCUT2D eigenvalue weighted by Crippen LogP contribution is -2.60. The minimum atomic E-state index is -3.94. The van der Waals surface area contributed by atoms with Crippen LogP contribution in [0.5, 0.6) is 11.6 Å². The largest absolute Gasteiger partial charge is 0.497 e. The van der Waals surface area contributed by atoms with E-state index in [0.29, 0.717) is 24.0 Å². The lowest BCUT2D eigenvalue weighted by atomic mass is 10.1. The van der Waals surface area contributed by atoms with E-state index in [1.807, 2.05) is 12.1 Å². The molecule has 3 aliphatic rings. The van der Waals surface area contributed by atoms with E-state index in [-0.39, 0.29) is 31.9 Å². The van der Waals surface area contributed by atoms with Crippen LogP contribution in [-0.4, -0.2) is 102 Å². The van der Waals surface area contributed by atoms with Crippen LogP contribution in [0.3, 0.4) is 0 Å². The zero-order valence-electron chi connectivity index (χ0n) is 32.3. The van der Waals surface area contributed by atoms with E-state index >= 15 is 0 Å². The van der Waals surface area contributed by atoms with Gasteiger partial charge < -0.3 is 34.7 Å². The number of methoxy groups -OCH3 is 1. The third-order valence-corrected chi connectivity index (χ3v) is 11.9. The van der Waals surface area contributed by atoms with Crippen LogP contribution in [0.2, 0.25) is 0 Å². The number of rotatable bonds is 16. The molecule has 2 saturated carbocycles. The number of aliphatic hydroxyl groups excluding tert-OH is 1. The predicted octanol–water partition coefficient (Wildman–Crippen LogP) is 3.08. The highest BCUT2D eigenvalue weighted by Crippen LogP contribution is 2.45. The average Bonchev–Trinajstić information content (AvgIpc) is 4.09. The Hall–Kier alpha value is -5.26. The number of esters is 1. The number of carbonyl (C=O) groups is 4. The Morgan fingerprint density at radius 1 is 1.11 bits per heavy atom. The van der Waals surface area contributed by atoms with Crippen molar-refractivity contribution in [3.63, 3.8) is 0 Å². The maximum absolute atomic E-state index is 14.4. The normalized spacial score (nSPS) is 23.1. The number of alkyl carbamates (subject to hydrolysis) is 1. The van der Waals surface area contributed by atoms with Crippen LogP contribution < -0.4 is 24.8 Å². The third-order valence-electron chi connectivity index (χ3n) is 10.1. The molecule has 6 rings (SSSR count). The van der Waals surface area contributed by atoms with E-state index in [9.17, 15) is 32.7 Å². The maximum atomic E-state index is 14.4. The molecule has 16 nitrogen and oxygen atoms in total. The molecular weight excluding hydrogens is 759 g/mol. The van der Waals surface area contributed by atoms with Gasteiger partial charge in [-0.25, -0.2) is 18.2 Å². The first-order valence-electron chi connectivity index (χ1n) is 18.7. The van der Waals surface area contributed by atoms with Gasteiger partial charge in [-0.2, -0.15) is 0 Å². The molecule has 6 atom stereocenters. The molecule has 306 valence electrons. The van der Waals surface area contributed by atoms with Gasteiger partial charge in [0.1, 0.15) is 35.8 Å². The summed E-state index contributed by atoms with van der Waals surface area (Å²) >= 11 is 0. The van der Waals surface area contributed by atoms with E-state index in [4.69, 9.17) is 18.9 Å². The Balaban J connectivity index is 1.28. The summed E-state index contributed by atoms with van der Waals surface area (Å²) in [6.07, 6.45) is 0.0358. The standard InChI is InChI=1S/C40H49N5O11S/c1-6-26-21-40(26,37(49)44-57(51,52)29-13-14-29)43-34(47)32-19-28(55-35-30-15-12-27(53-5)18-25(30)16-17-41-35)22-45(32)36(48)31(42-38(50)56-39(2,3)4)20-33(46)54-23-24-10-8-7-9-11-24/h6-12,15-18,26,28-29,31-32,36,48H,1,13-14,19-23H2,2-5H3,(H,42,50)(H,43,47)(H,44,49)/t26-,28-,31+,32+,36?,40-/m1/s1. The van der Waals surface area contributed by atoms with Crippen LogP contribution in [0.25, 0.3) is 10.8 Å². The first-order chi connectivity index (χ1) is 27.0. The van der Waals surface area contributed by atoms with E-state index in [1.165, 1.54) is 11.0 Å². The second-order valence-electron chi connectivity index (χ2n) is 15.6. The van der Waals surface area contributed by atoms with Gasteiger partial charge in [0.15, 0.2) is 0 Å². The van der Waals surface area contributed by atoms with E-state index in [2.05, 4.69) is 26.9 Å². The Labute approximate surface area is 331 Å². The lowest BCUT2D eigenvalue weighted by molar-refractivity contribution is -0.148. The van der Waals surface area contributed by atoms with Gasteiger partial charge in [-0.3, -0.25) is 24.0 Å². The number of benzene rings is 2. The summed E-state index contributed by atoms with van der Waals surface area (Å²) in [6, 6.07) is 13.5. The van der Waals surface area contributed by atoms with Crippen molar-refractivity contribution >= 4 is 44.7 Å². The van der Waals surface area contributed by atoms with Crippen molar-refractivity contribution in [1.82, 2.24) is 25.2 Å². The van der Waals surface area contributed by atoms with E-state index in [1.54, 1.807) is 76.5 Å². The van der Waals surface area contributed by atoms with Gasteiger partial charge in [0.05, 0.1) is 30.9 Å². The Morgan fingerprint density at radius 2 is 1.84 bits per heavy atom. The van der Waals surface area contributed by atoms with Crippen molar-refractivity contribution in [2.75, 3.05) is 13.7 Å². The van der Waals surface area contributed by atoms with Crippen LogP contribution in [0.15, 0.2) is 73.4 Å². The Kier molecular flexibility index (Phi) is 12.1. The highest BCUT2D eigenvalue weighted by atomic mass is 32.2. The Bertz CT molecular complexity index is 2110. The maximum Gasteiger partial charge on any atom is 0.408 e. The van der Waals surface area contributed by atoms with E-state index < -0.39 is 87.0 Å². The van der Waals surface area contributed by atoms with Gasteiger partial charge in [-0.1, -0.05) is 36.4 Å². The number of carbonyl (C=O) groups excluding carboxylic acids is 4.